The highest BCUT2D eigenvalue weighted by molar-refractivity contribution is 5.96. The molecule has 0 saturated heterocycles. The van der Waals surface area contributed by atoms with Crippen molar-refractivity contribution in [2.24, 2.45) is 0 Å². The third kappa shape index (κ3) is 3.94. The van der Waals surface area contributed by atoms with E-state index < -0.39 is 18.0 Å². The lowest BCUT2D eigenvalue weighted by Crippen LogP contribution is -2.30. The standard InChI is InChI=1S/C17H15FN4O4/c1-9-7-15(22-26-9)19-16(23)10(2)25-17(24)14-8-13(20-21-14)11-3-5-12(18)6-4-11/h3-8,10H,1-2H3,(H,20,21)(H,19,22,23)/t10-/m0/s1. The maximum absolute atomic E-state index is 13.0. The Bertz CT molecular complexity index is 932. The number of anilines is 1. The van der Waals surface area contributed by atoms with E-state index in [0.717, 1.165) is 0 Å². The van der Waals surface area contributed by atoms with Crippen molar-refractivity contribution in [1.29, 1.82) is 0 Å². The highest BCUT2D eigenvalue weighted by Gasteiger charge is 2.21. The second kappa shape index (κ2) is 7.18. The van der Waals surface area contributed by atoms with Crippen LogP contribution >= 0.6 is 0 Å². The molecule has 0 bridgehead atoms. The van der Waals surface area contributed by atoms with Crippen LogP contribution in [0.5, 0.6) is 0 Å². The highest BCUT2D eigenvalue weighted by atomic mass is 19.1. The largest absolute Gasteiger partial charge is 0.448 e. The normalized spacial score (nSPS) is 11.8. The van der Waals surface area contributed by atoms with E-state index in [1.54, 1.807) is 6.92 Å². The van der Waals surface area contributed by atoms with E-state index in [4.69, 9.17) is 9.26 Å². The van der Waals surface area contributed by atoms with Gasteiger partial charge in [0.2, 0.25) is 0 Å². The van der Waals surface area contributed by atoms with Crippen LogP contribution < -0.4 is 5.32 Å². The monoisotopic (exact) mass is 358 g/mol. The lowest BCUT2D eigenvalue weighted by atomic mass is 10.1. The first-order valence-corrected chi connectivity index (χ1v) is 7.69. The number of nitrogens with one attached hydrogen (secondary N) is 2. The van der Waals surface area contributed by atoms with Crippen LogP contribution in [0.3, 0.4) is 0 Å². The number of rotatable bonds is 5. The number of esters is 1. The van der Waals surface area contributed by atoms with Crippen LogP contribution in [-0.4, -0.2) is 33.3 Å². The summed E-state index contributed by atoms with van der Waals surface area (Å²) in [6.45, 7) is 3.11. The summed E-state index contributed by atoms with van der Waals surface area (Å²) < 4.78 is 22.9. The number of aryl methyl sites for hydroxylation is 1. The molecule has 3 aromatic rings. The van der Waals surface area contributed by atoms with Gasteiger partial charge in [-0.15, -0.1) is 0 Å². The summed E-state index contributed by atoms with van der Waals surface area (Å²) in [5.74, 6) is -0.896. The molecule has 2 heterocycles. The van der Waals surface area contributed by atoms with Crippen LogP contribution in [0.4, 0.5) is 10.2 Å². The van der Waals surface area contributed by atoms with E-state index in [1.165, 1.54) is 43.3 Å². The molecule has 8 nitrogen and oxygen atoms in total. The number of aromatic nitrogens is 3. The number of amides is 1. The molecule has 1 aromatic carbocycles. The number of carbonyl (C=O) groups excluding carboxylic acids is 2. The predicted octanol–water partition coefficient (Wildman–Crippen LogP) is 2.70. The van der Waals surface area contributed by atoms with Crippen molar-refractivity contribution in [3.8, 4) is 11.3 Å². The number of carbonyl (C=O) groups is 2. The van der Waals surface area contributed by atoms with Crippen LogP contribution in [0, 0.1) is 12.7 Å². The minimum Gasteiger partial charge on any atom is -0.448 e. The topological polar surface area (TPSA) is 110 Å². The molecule has 2 N–H and O–H groups in total. The number of ether oxygens (including phenoxy) is 1. The third-order valence-electron chi connectivity index (χ3n) is 3.47. The van der Waals surface area contributed by atoms with Gasteiger partial charge in [0.25, 0.3) is 5.91 Å². The average Bonchev–Trinajstić information content (AvgIpc) is 3.25. The molecule has 0 unspecified atom stereocenters. The molecular formula is C17H15FN4O4. The number of aromatic amines is 1. The van der Waals surface area contributed by atoms with E-state index >= 15 is 0 Å². The summed E-state index contributed by atoms with van der Waals surface area (Å²) in [4.78, 5) is 24.2. The van der Waals surface area contributed by atoms with Crippen molar-refractivity contribution in [2.75, 3.05) is 5.32 Å². The van der Waals surface area contributed by atoms with Crippen LogP contribution in [-0.2, 0) is 9.53 Å². The zero-order valence-electron chi connectivity index (χ0n) is 13.9. The summed E-state index contributed by atoms with van der Waals surface area (Å²) in [7, 11) is 0. The number of halogens is 1. The maximum Gasteiger partial charge on any atom is 0.357 e. The van der Waals surface area contributed by atoms with Crippen molar-refractivity contribution in [1.82, 2.24) is 15.4 Å². The Morgan fingerprint density at radius 1 is 1.27 bits per heavy atom. The smallest absolute Gasteiger partial charge is 0.357 e. The summed E-state index contributed by atoms with van der Waals surface area (Å²) in [5, 5.41) is 12.6. The summed E-state index contributed by atoms with van der Waals surface area (Å²) in [5.41, 5.74) is 1.15. The molecule has 1 atom stereocenters. The van der Waals surface area contributed by atoms with Crippen LogP contribution in [0.2, 0.25) is 0 Å². The molecule has 0 aliphatic heterocycles. The van der Waals surface area contributed by atoms with E-state index in [1.807, 2.05) is 0 Å². The lowest BCUT2D eigenvalue weighted by molar-refractivity contribution is -0.123. The molecule has 0 radical (unpaired) electrons. The Morgan fingerprint density at radius 2 is 2.00 bits per heavy atom. The molecule has 9 heteroatoms. The quantitative estimate of drug-likeness (QED) is 0.679. The zero-order valence-corrected chi connectivity index (χ0v) is 13.9. The maximum atomic E-state index is 13.0. The molecule has 1 amide bonds. The number of H-pyrrole nitrogens is 1. The molecule has 134 valence electrons. The summed E-state index contributed by atoms with van der Waals surface area (Å²) in [6.07, 6.45) is -1.06. The van der Waals surface area contributed by atoms with Gasteiger partial charge in [0, 0.05) is 11.6 Å². The molecule has 0 fully saturated rings. The fourth-order valence-corrected chi connectivity index (χ4v) is 2.13. The van der Waals surface area contributed by atoms with Crippen molar-refractivity contribution < 1.29 is 23.2 Å². The first-order chi connectivity index (χ1) is 12.4. The van der Waals surface area contributed by atoms with Gasteiger partial charge in [0.05, 0.1) is 5.69 Å². The van der Waals surface area contributed by atoms with E-state index in [9.17, 15) is 14.0 Å². The van der Waals surface area contributed by atoms with Crippen molar-refractivity contribution >= 4 is 17.7 Å². The van der Waals surface area contributed by atoms with Gasteiger partial charge >= 0.3 is 5.97 Å². The first kappa shape index (κ1) is 17.3. The number of hydrogen-bond acceptors (Lipinski definition) is 6. The van der Waals surface area contributed by atoms with Gasteiger partial charge in [0.15, 0.2) is 11.9 Å². The minimum atomic E-state index is -1.06. The fourth-order valence-electron chi connectivity index (χ4n) is 2.13. The number of hydrogen-bond donors (Lipinski definition) is 2. The number of benzene rings is 1. The van der Waals surface area contributed by atoms with Gasteiger partial charge in [-0.2, -0.15) is 5.10 Å². The third-order valence-corrected chi connectivity index (χ3v) is 3.47. The Morgan fingerprint density at radius 3 is 2.65 bits per heavy atom. The Hall–Kier alpha value is -3.49. The minimum absolute atomic E-state index is 0.0706. The zero-order chi connectivity index (χ0) is 18.7. The first-order valence-electron chi connectivity index (χ1n) is 7.69. The van der Waals surface area contributed by atoms with E-state index in [2.05, 4.69) is 20.7 Å². The van der Waals surface area contributed by atoms with Crippen molar-refractivity contribution in [3.05, 3.63) is 53.7 Å². The van der Waals surface area contributed by atoms with Crippen LogP contribution in [0.1, 0.15) is 23.2 Å². The van der Waals surface area contributed by atoms with Gasteiger partial charge in [-0.05, 0) is 44.2 Å². The average molecular weight is 358 g/mol. The van der Waals surface area contributed by atoms with E-state index in [-0.39, 0.29) is 17.3 Å². The van der Waals surface area contributed by atoms with E-state index in [0.29, 0.717) is 17.0 Å². The number of nitrogens with zero attached hydrogens (tertiary/aromatic N) is 2. The fraction of sp³-hybridized carbons (Fsp3) is 0.176. The summed E-state index contributed by atoms with van der Waals surface area (Å²) in [6, 6.07) is 8.66. The predicted molar refractivity (Wildman–Crippen MR) is 88.7 cm³/mol. The highest BCUT2D eigenvalue weighted by Crippen LogP contribution is 2.18. The molecule has 0 saturated carbocycles. The second-order valence-electron chi connectivity index (χ2n) is 5.53. The molecule has 0 aliphatic carbocycles. The van der Waals surface area contributed by atoms with Crippen molar-refractivity contribution in [2.45, 2.75) is 20.0 Å². The molecule has 2 aromatic heterocycles. The van der Waals surface area contributed by atoms with Crippen molar-refractivity contribution in [3.63, 3.8) is 0 Å². The molecular weight excluding hydrogens is 343 g/mol. The van der Waals surface area contributed by atoms with Gasteiger partial charge in [0.1, 0.15) is 17.3 Å². The molecule has 3 rings (SSSR count). The Labute approximate surface area is 147 Å². The molecule has 0 aliphatic rings. The lowest BCUT2D eigenvalue weighted by Gasteiger charge is -2.11. The molecule has 26 heavy (non-hydrogen) atoms. The molecule has 0 spiro atoms. The van der Waals surface area contributed by atoms with Gasteiger partial charge < -0.3 is 14.6 Å². The van der Waals surface area contributed by atoms with Crippen LogP contribution in [0.25, 0.3) is 11.3 Å². The van der Waals surface area contributed by atoms with Crippen LogP contribution in [0.15, 0.2) is 40.9 Å². The van der Waals surface area contributed by atoms with Gasteiger partial charge in [-0.1, -0.05) is 5.16 Å². The Balaban J connectivity index is 1.62. The summed E-state index contributed by atoms with van der Waals surface area (Å²) >= 11 is 0. The Kier molecular flexibility index (Phi) is 4.78. The second-order valence-corrected chi connectivity index (χ2v) is 5.53. The van der Waals surface area contributed by atoms with Gasteiger partial charge in [-0.25, -0.2) is 9.18 Å². The SMILES string of the molecule is Cc1cc(NC(=O)[C@H](C)OC(=O)c2cc(-c3ccc(F)cc3)n[nH]2)no1. The van der Waals surface area contributed by atoms with Gasteiger partial charge in [-0.3, -0.25) is 9.89 Å².